The van der Waals surface area contributed by atoms with Crippen molar-refractivity contribution < 1.29 is 42.9 Å². The van der Waals surface area contributed by atoms with Gasteiger partial charge in [0.05, 0.1) is 38.0 Å². The minimum atomic E-state index is -2.47. The van der Waals surface area contributed by atoms with Crippen LogP contribution in [0.1, 0.15) is 39.5 Å². The highest BCUT2D eigenvalue weighted by molar-refractivity contribution is 6.30. The lowest BCUT2D eigenvalue weighted by Gasteiger charge is -2.56. The van der Waals surface area contributed by atoms with Crippen molar-refractivity contribution in [2.24, 2.45) is 0 Å². The monoisotopic (exact) mass is 496 g/mol. The van der Waals surface area contributed by atoms with E-state index < -0.39 is 35.7 Å². The van der Waals surface area contributed by atoms with Gasteiger partial charge in [0.15, 0.2) is 0 Å². The summed E-state index contributed by atoms with van der Waals surface area (Å²) in [5.74, 6) is -7.69. The molecule has 0 radical (unpaired) electrons. The number of rotatable bonds is 4. The van der Waals surface area contributed by atoms with Gasteiger partial charge in [-0.1, -0.05) is 18.5 Å². The molecule has 3 fully saturated rings. The van der Waals surface area contributed by atoms with Crippen LogP contribution in [-0.2, 0) is 38.1 Å². The molecule has 3 aliphatic rings. The van der Waals surface area contributed by atoms with Crippen LogP contribution in [0, 0.1) is 0 Å². The minimum Gasteiger partial charge on any atom is -0.492 e. The molecule has 11 nitrogen and oxygen atoms in total. The number of likely N-dealkylation sites (N-methyl/N-ethyl adjacent to an activating group) is 1. The average molecular weight is 497 g/mol. The van der Waals surface area contributed by atoms with Gasteiger partial charge in [0.25, 0.3) is 0 Å². The molecule has 3 heterocycles. The van der Waals surface area contributed by atoms with Crippen molar-refractivity contribution in [1.29, 1.82) is 0 Å². The van der Waals surface area contributed by atoms with Crippen LogP contribution >= 0.6 is 11.6 Å². The predicted octanol–water partition coefficient (Wildman–Crippen LogP) is 1.95. The van der Waals surface area contributed by atoms with Gasteiger partial charge in [-0.05, 0) is 19.1 Å². The fraction of sp³-hybridized carbons (Fsp3) is 0.545. The molecular formula is C22H25ClN2O9. The number of piperazine rings is 1. The first-order valence-electron chi connectivity index (χ1n) is 11.1. The van der Waals surface area contributed by atoms with E-state index >= 15 is 0 Å². The van der Waals surface area contributed by atoms with Crippen LogP contribution in [0.25, 0.3) is 0 Å². The topological polar surface area (TPSA) is 121 Å². The van der Waals surface area contributed by atoms with Crippen LogP contribution in [0.3, 0.4) is 0 Å². The molecule has 0 amide bonds. The van der Waals surface area contributed by atoms with Crippen LogP contribution in [0.2, 0.25) is 5.02 Å². The standard InChI is InChI=1S/C22H25ClN2O9/c1-3-24-11-12-25(15-6-5-14(23)13-16(15)30-4-2)22(33-19(28)9-10-20(29)34-22)21(24)31-17(26)7-8-18(27)32-21/h5-6,13H,3-4,7-12H2,1-2H3. The van der Waals surface area contributed by atoms with Gasteiger partial charge < -0.3 is 23.7 Å². The maximum atomic E-state index is 12.8. The van der Waals surface area contributed by atoms with Crippen molar-refractivity contribution in [3.63, 3.8) is 0 Å². The first kappa shape index (κ1) is 24.1. The Morgan fingerprint density at radius 1 is 0.853 bits per heavy atom. The summed E-state index contributed by atoms with van der Waals surface area (Å²) in [4.78, 5) is 53.8. The summed E-state index contributed by atoms with van der Waals surface area (Å²) in [6.07, 6.45) is -1.03. The molecule has 0 unspecified atom stereocenters. The molecule has 2 spiro atoms. The van der Waals surface area contributed by atoms with Crippen molar-refractivity contribution in [3.05, 3.63) is 23.2 Å². The summed E-state index contributed by atoms with van der Waals surface area (Å²) in [5.41, 5.74) is 0.334. The van der Waals surface area contributed by atoms with Gasteiger partial charge >= 0.3 is 35.7 Å². The molecule has 0 saturated carbocycles. The third-order valence-corrected chi connectivity index (χ3v) is 5.97. The Balaban J connectivity index is 1.99. The number of halogens is 1. The Morgan fingerprint density at radius 2 is 1.38 bits per heavy atom. The molecule has 34 heavy (non-hydrogen) atoms. The minimum absolute atomic E-state index is 0.132. The summed E-state index contributed by atoms with van der Waals surface area (Å²) in [7, 11) is 0. The van der Waals surface area contributed by atoms with E-state index in [4.69, 9.17) is 35.3 Å². The van der Waals surface area contributed by atoms with Crippen molar-refractivity contribution in [2.45, 2.75) is 51.4 Å². The second-order valence-corrected chi connectivity index (χ2v) is 8.27. The Bertz CT molecular complexity index is 978. The lowest BCUT2D eigenvalue weighted by atomic mass is 10.1. The number of ether oxygens (including phenoxy) is 5. The maximum Gasteiger partial charge on any atom is 0.442 e. The van der Waals surface area contributed by atoms with Crippen LogP contribution in [-0.4, -0.2) is 66.8 Å². The SMILES string of the molecule is CCOc1cc(Cl)ccc1N1CCN(CC)C2(OC(=O)CCC(=O)O2)C12OC(=O)CCC(=O)O2. The van der Waals surface area contributed by atoms with Crippen molar-refractivity contribution in [1.82, 2.24) is 4.90 Å². The first-order valence-corrected chi connectivity index (χ1v) is 11.4. The van der Waals surface area contributed by atoms with Crippen molar-refractivity contribution >= 4 is 41.2 Å². The van der Waals surface area contributed by atoms with E-state index in [2.05, 4.69) is 0 Å². The number of carbonyl (C=O) groups is 4. The molecule has 12 heteroatoms. The van der Waals surface area contributed by atoms with E-state index in [0.29, 0.717) is 16.5 Å². The summed E-state index contributed by atoms with van der Waals surface area (Å²) in [6.45, 7) is 4.34. The Hall–Kier alpha value is -3.05. The number of nitrogens with zero attached hydrogens (tertiary/aromatic N) is 2. The summed E-state index contributed by atoms with van der Waals surface area (Å²) in [6, 6.07) is 4.73. The van der Waals surface area contributed by atoms with Crippen LogP contribution in [0.15, 0.2) is 18.2 Å². The number of benzene rings is 1. The second-order valence-electron chi connectivity index (χ2n) is 7.84. The van der Waals surface area contributed by atoms with Crippen molar-refractivity contribution in [2.75, 3.05) is 31.1 Å². The summed E-state index contributed by atoms with van der Waals surface area (Å²) >= 11 is 6.17. The zero-order valence-corrected chi connectivity index (χ0v) is 19.6. The lowest BCUT2D eigenvalue weighted by Crippen LogP contribution is -2.80. The molecule has 3 aliphatic heterocycles. The third-order valence-electron chi connectivity index (χ3n) is 5.73. The molecule has 0 bridgehead atoms. The van der Waals surface area contributed by atoms with Gasteiger partial charge in [0.2, 0.25) is 0 Å². The van der Waals surface area contributed by atoms with Crippen LogP contribution in [0.4, 0.5) is 5.69 Å². The smallest absolute Gasteiger partial charge is 0.442 e. The number of esters is 4. The number of anilines is 1. The zero-order chi connectivity index (χ0) is 24.5. The van der Waals surface area contributed by atoms with E-state index in [1.807, 2.05) is 0 Å². The molecular weight excluding hydrogens is 472 g/mol. The van der Waals surface area contributed by atoms with Gasteiger partial charge in [-0.25, -0.2) is 4.90 Å². The fourth-order valence-electron chi connectivity index (χ4n) is 4.28. The number of hydrogen-bond donors (Lipinski definition) is 0. The quantitative estimate of drug-likeness (QED) is 0.568. The number of carbonyl (C=O) groups excluding carboxylic acids is 4. The average Bonchev–Trinajstić information content (AvgIpc) is 3.03. The van der Waals surface area contributed by atoms with E-state index in [1.165, 1.54) is 9.80 Å². The molecule has 0 atom stereocenters. The lowest BCUT2D eigenvalue weighted by molar-refractivity contribution is -0.416. The van der Waals surface area contributed by atoms with Crippen LogP contribution < -0.4 is 9.64 Å². The highest BCUT2D eigenvalue weighted by Crippen LogP contribution is 2.49. The highest BCUT2D eigenvalue weighted by Gasteiger charge is 2.75. The Kier molecular flexibility index (Phi) is 6.59. The van der Waals surface area contributed by atoms with E-state index in [-0.39, 0.29) is 51.9 Å². The molecule has 3 saturated heterocycles. The van der Waals surface area contributed by atoms with Gasteiger partial charge in [-0.2, -0.15) is 0 Å². The summed E-state index contributed by atoms with van der Waals surface area (Å²) < 4.78 is 28.7. The molecule has 0 aromatic heterocycles. The van der Waals surface area contributed by atoms with Gasteiger partial charge in [-0.15, -0.1) is 0 Å². The van der Waals surface area contributed by atoms with Gasteiger partial charge in [0.1, 0.15) is 5.75 Å². The van der Waals surface area contributed by atoms with E-state index in [0.717, 1.165) is 0 Å². The highest BCUT2D eigenvalue weighted by atomic mass is 35.5. The molecule has 1 aromatic carbocycles. The van der Waals surface area contributed by atoms with Gasteiger partial charge in [-0.3, -0.25) is 24.1 Å². The molecule has 0 aliphatic carbocycles. The fourth-order valence-corrected chi connectivity index (χ4v) is 4.44. The van der Waals surface area contributed by atoms with E-state index in [9.17, 15) is 19.2 Å². The first-order chi connectivity index (χ1) is 16.2. The Morgan fingerprint density at radius 3 is 1.88 bits per heavy atom. The molecule has 1 aromatic rings. The normalized spacial score (nSPS) is 22.4. The molecule has 0 N–H and O–H groups in total. The van der Waals surface area contributed by atoms with E-state index in [1.54, 1.807) is 32.0 Å². The Labute approximate surface area is 200 Å². The number of fused-ring (bicyclic) bond motifs is 1. The number of hydrogen-bond acceptors (Lipinski definition) is 11. The second kappa shape index (κ2) is 9.30. The van der Waals surface area contributed by atoms with Crippen molar-refractivity contribution in [3.8, 4) is 5.75 Å². The molecule has 184 valence electrons. The predicted molar refractivity (Wildman–Crippen MR) is 116 cm³/mol. The maximum absolute atomic E-state index is 12.8. The van der Waals surface area contributed by atoms with Gasteiger partial charge in [0, 0.05) is 30.7 Å². The summed E-state index contributed by atoms with van der Waals surface area (Å²) in [5, 5.41) is 0.380. The van der Waals surface area contributed by atoms with Crippen LogP contribution in [0.5, 0.6) is 5.75 Å². The largest absolute Gasteiger partial charge is 0.492 e. The molecule has 4 rings (SSSR count). The third kappa shape index (κ3) is 4.03. The zero-order valence-electron chi connectivity index (χ0n) is 18.8.